The summed E-state index contributed by atoms with van der Waals surface area (Å²) in [6, 6.07) is 12.9. The summed E-state index contributed by atoms with van der Waals surface area (Å²) in [4.78, 5) is 56.4. The fourth-order valence-electron chi connectivity index (χ4n) is 4.57. The van der Waals surface area contributed by atoms with Gasteiger partial charge in [-0.3, -0.25) is 29.6 Å². The van der Waals surface area contributed by atoms with Crippen LogP contribution in [0.25, 0.3) is 11.3 Å². The third kappa shape index (κ3) is 4.53. The topological polar surface area (TPSA) is 109 Å². The molecule has 10 heteroatoms. The van der Waals surface area contributed by atoms with Crippen LogP contribution in [0.5, 0.6) is 5.75 Å². The molecule has 0 aliphatic carbocycles. The molecule has 1 N–H and O–H groups in total. The first-order chi connectivity index (χ1) is 17.7. The maximum atomic E-state index is 14.9. The summed E-state index contributed by atoms with van der Waals surface area (Å²) in [5, 5.41) is 2.20. The van der Waals surface area contributed by atoms with Crippen molar-refractivity contribution in [2.24, 2.45) is 0 Å². The van der Waals surface area contributed by atoms with Crippen LogP contribution in [0.15, 0.2) is 54.7 Å². The Bertz CT molecular complexity index is 1440. The van der Waals surface area contributed by atoms with Crippen LogP contribution in [-0.4, -0.2) is 46.8 Å². The number of nitrogens with one attached hydrogen (secondary N) is 1. The highest BCUT2D eigenvalue weighted by Crippen LogP contribution is 2.33. The Morgan fingerprint density at radius 2 is 1.92 bits per heavy atom. The second kappa shape index (κ2) is 9.45. The quantitative estimate of drug-likeness (QED) is 0.546. The number of piperidine rings is 1. The number of amides is 4. The van der Waals surface area contributed by atoms with E-state index in [1.807, 2.05) is 37.3 Å². The number of hydrogen-bond acceptors (Lipinski definition) is 6. The van der Waals surface area contributed by atoms with Crippen molar-refractivity contribution in [3.05, 3.63) is 77.2 Å². The van der Waals surface area contributed by atoms with Crippen LogP contribution in [0.4, 0.5) is 14.9 Å². The van der Waals surface area contributed by atoms with Crippen LogP contribution in [-0.2, 0) is 16.1 Å². The monoisotopic (exact) mass is 502 g/mol. The van der Waals surface area contributed by atoms with Gasteiger partial charge in [-0.25, -0.2) is 9.18 Å². The van der Waals surface area contributed by atoms with Gasteiger partial charge in [-0.2, -0.15) is 0 Å². The standard InChI is InChI=1S/C27H23FN4O5/c1-15-10-17(13-29-24(15)16-6-4-3-5-7-16)31(2)27(36)37-18-11-19-20(21(28)12-18)14-32(26(19)35)22-8-9-23(33)30-25(22)34/h3-7,10-13,22H,8-9,14H2,1-2H3,(H,30,33,34). The fraction of sp³-hybridized carbons (Fsp3) is 0.222. The molecular formula is C27H23FN4O5. The highest BCUT2D eigenvalue weighted by molar-refractivity contribution is 6.05. The molecule has 1 fully saturated rings. The zero-order valence-electron chi connectivity index (χ0n) is 20.2. The molecule has 1 saturated heterocycles. The highest BCUT2D eigenvalue weighted by Gasteiger charge is 2.40. The smallest absolute Gasteiger partial charge is 0.410 e. The summed E-state index contributed by atoms with van der Waals surface area (Å²) < 4.78 is 20.3. The average Bonchev–Trinajstić information content (AvgIpc) is 3.20. The number of imide groups is 1. The van der Waals surface area contributed by atoms with E-state index in [2.05, 4.69) is 10.3 Å². The molecule has 0 spiro atoms. The molecule has 3 heterocycles. The predicted molar refractivity (Wildman–Crippen MR) is 131 cm³/mol. The zero-order valence-corrected chi connectivity index (χ0v) is 20.2. The average molecular weight is 503 g/mol. The first-order valence-corrected chi connectivity index (χ1v) is 11.7. The lowest BCUT2D eigenvalue weighted by atomic mass is 10.0. The van der Waals surface area contributed by atoms with Gasteiger partial charge in [-0.15, -0.1) is 0 Å². The number of carbonyl (C=O) groups is 4. The van der Waals surface area contributed by atoms with Gasteiger partial charge in [0.05, 0.1) is 29.7 Å². The summed E-state index contributed by atoms with van der Waals surface area (Å²) in [5.74, 6) is -2.43. The third-order valence-electron chi connectivity index (χ3n) is 6.55. The van der Waals surface area contributed by atoms with Crippen molar-refractivity contribution in [1.82, 2.24) is 15.2 Å². The van der Waals surface area contributed by atoms with Gasteiger partial charge < -0.3 is 9.64 Å². The van der Waals surface area contributed by atoms with Crippen LogP contribution < -0.4 is 15.0 Å². The van der Waals surface area contributed by atoms with Crippen molar-refractivity contribution in [2.75, 3.05) is 11.9 Å². The number of benzene rings is 2. The zero-order chi connectivity index (χ0) is 26.3. The number of fused-ring (bicyclic) bond motifs is 1. The van der Waals surface area contributed by atoms with Crippen molar-refractivity contribution >= 4 is 29.5 Å². The summed E-state index contributed by atoms with van der Waals surface area (Å²) in [6.07, 6.45) is 1.01. The maximum Gasteiger partial charge on any atom is 0.419 e. The first-order valence-electron chi connectivity index (χ1n) is 11.7. The largest absolute Gasteiger partial charge is 0.419 e. The summed E-state index contributed by atoms with van der Waals surface area (Å²) in [7, 11) is 1.50. The molecular weight excluding hydrogens is 479 g/mol. The molecule has 1 aromatic heterocycles. The molecule has 2 aliphatic rings. The lowest BCUT2D eigenvalue weighted by Gasteiger charge is -2.29. The van der Waals surface area contributed by atoms with E-state index in [4.69, 9.17) is 4.74 Å². The van der Waals surface area contributed by atoms with E-state index in [0.29, 0.717) is 5.69 Å². The number of hydrogen-bond donors (Lipinski definition) is 1. The number of pyridine rings is 1. The van der Waals surface area contributed by atoms with Crippen molar-refractivity contribution in [1.29, 1.82) is 0 Å². The number of anilines is 1. The molecule has 37 heavy (non-hydrogen) atoms. The van der Waals surface area contributed by atoms with Crippen LogP contribution in [0.1, 0.15) is 34.3 Å². The number of aromatic nitrogens is 1. The minimum atomic E-state index is -0.872. The molecule has 1 atom stereocenters. The molecule has 188 valence electrons. The van der Waals surface area contributed by atoms with Gasteiger partial charge in [0, 0.05) is 30.7 Å². The van der Waals surface area contributed by atoms with E-state index >= 15 is 0 Å². The van der Waals surface area contributed by atoms with Crippen LogP contribution in [0, 0.1) is 12.7 Å². The van der Waals surface area contributed by atoms with Gasteiger partial charge in [-0.1, -0.05) is 30.3 Å². The van der Waals surface area contributed by atoms with E-state index in [0.717, 1.165) is 22.9 Å². The van der Waals surface area contributed by atoms with Gasteiger partial charge in [0.25, 0.3) is 5.91 Å². The number of rotatable bonds is 4. The maximum absolute atomic E-state index is 14.9. The van der Waals surface area contributed by atoms with Gasteiger partial charge in [0.1, 0.15) is 17.6 Å². The minimum absolute atomic E-state index is 0.0138. The summed E-state index contributed by atoms with van der Waals surface area (Å²) in [5.41, 5.74) is 3.18. The van der Waals surface area contributed by atoms with Crippen LogP contribution in [0.3, 0.4) is 0 Å². The van der Waals surface area contributed by atoms with Crippen molar-refractivity contribution in [3.63, 3.8) is 0 Å². The second-order valence-electron chi connectivity index (χ2n) is 8.98. The molecule has 2 aromatic carbocycles. The third-order valence-corrected chi connectivity index (χ3v) is 6.55. The van der Waals surface area contributed by atoms with Gasteiger partial charge in [0.15, 0.2) is 0 Å². The van der Waals surface area contributed by atoms with E-state index in [9.17, 15) is 23.6 Å². The molecule has 1 unspecified atom stereocenters. The van der Waals surface area contributed by atoms with Gasteiger partial charge in [-0.05, 0) is 31.0 Å². The minimum Gasteiger partial charge on any atom is -0.410 e. The molecule has 3 aromatic rings. The summed E-state index contributed by atoms with van der Waals surface area (Å²) in [6.45, 7) is 1.77. The Hall–Kier alpha value is -4.60. The molecule has 0 bridgehead atoms. The second-order valence-corrected chi connectivity index (χ2v) is 8.98. The molecule has 5 rings (SSSR count). The number of ether oxygens (including phenoxy) is 1. The Labute approximate surface area is 211 Å². The van der Waals surface area contributed by atoms with Crippen molar-refractivity contribution in [2.45, 2.75) is 32.4 Å². The Morgan fingerprint density at radius 1 is 1.16 bits per heavy atom. The number of nitrogens with zero attached hydrogens (tertiary/aromatic N) is 3. The predicted octanol–water partition coefficient (Wildman–Crippen LogP) is 3.59. The Balaban J connectivity index is 1.32. The number of aryl methyl sites for hydroxylation is 1. The SMILES string of the molecule is Cc1cc(N(C)C(=O)Oc2cc(F)c3c(c2)C(=O)N(C2CCC(=O)NC2=O)C3)cnc1-c1ccccc1. The highest BCUT2D eigenvalue weighted by atomic mass is 19.1. The van der Waals surface area contributed by atoms with E-state index in [1.165, 1.54) is 22.9 Å². The normalized spacial score (nSPS) is 16.9. The molecule has 0 saturated carbocycles. The Kier molecular flexibility index (Phi) is 6.16. The van der Waals surface area contributed by atoms with E-state index < -0.39 is 35.7 Å². The lowest BCUT2D eigenvalue weighted by Crippen LogP contribution is -2.52. The number of halogens is 1. The van der Waals surface area contributed by atoms with Crippen LogP contribution >= 0.6 is 0 Å². The number of carbonyl (C=O) groups excluding carboxylic acids is 4. The van der Waals surface area contributed by atoms with Gasteiger partial charge in [0.2, 0.25) is 11.8 Å². The van der Waals surface area contributed by atoms with Crippen molar-refractivity contribution < 1.29 is 28.3 Å². The molecule has 4 amide bonds. The Morgan fingerprint density at radius 3 is 2.62 bits per heavy atom. The summed E-state index contributed by atoms with van der Waals surface area (Å²) >= 11 is 0. The van der Waals surface area contributed by atoms with Crippen molar-refractivity contribution in [3.8, 4) is 17.0 Å². The van der Waals surface area contributed by atoms with E-state index in [1.54, 1.807) is 12.3 Å². The first kappa shape index (κ1) is 24.1. The lowest BCUT2D eigenvalue weighted by molar-refractivity contribution is -0.136. The molecule has 2 aliphatic heterocycles. The molecule has 0 radical (unpaired) electrons. The van der Waals surface area contributed by atoms with Gasteiger partial charge >= 0.3 is 6.09 Å². The fourth-order valence-corrected chi connectivity index (χ4v) is 4.57. The molecule has 9 nitrogen and oxygen atoms in total. The van der Waals surface area contributed by atoms with E-state index in [-0.39, 0.29) is 36.3 Å². The van der Waals surface area contributed by atoms with Crippen LogP contribution in [0.2, 0.25) is 0 Å².